The van der Waals surface area contributed by atoms with Crippen molar-refractivity contribution >= 4 is 0 Å². The molecule has 1 unspecified atom stereocenters. The predicted octanol–water partition coefficient (Wildman–Crippen LogP) is 0.661. The minimum Gasteiger partial charge on any atom is -0.329 e. The molecule has 0 fully saturated rings. The molecule has 0 rings (SSSR count). The van der Waals surface area contributed by atoms with Crippen molar-refractivity contribution in [3.63, 3.8) is 0 Å². The van der Waals surface area contributed by atoms with Crippen molar-refractivity contribution in [2.75, 3.05) is 6.54 Å². The molecule has 2 N–H and O–H groups in total. The smallest absolute Gasteiger partial charge is 0.0672 e. The lowest BCUT2D eigenvalue weighted by atomic mass is 10.1. The molecule has 0 saturated carbocycles. The van der Waals surface area contributed by atoms with Crippen LogP contribution in [0.5, 0.6) is 0 Å². The standard InChI is InChI=1S/C6H10N2/c1-2-3-6(4-7)5-8/h2,6H,1,3-4,7H2. The van der Waals surface area contributed by atoms with Gasteiger partial charge in [0, 0.05) is 6.54 Å². The molecule has 0 aliphatic carbocycles. The molecule has 2 nitrogen and oxygen atoms in total. The van der Waals surface area contributed by atoms with Crippen molar-refractivity contribution in [1.82, 2.24) is 0 Å². The van der Waals surface area contributed by atoms with Gasteiger partial charge in [-0.25, -0.2) is 0 Å². The summed E-state index contributed by atoms with van der Waals surface area (Å²) in [6.07, 6.45) is 2.41. The maximum atomic E-state index is 8.28. The van der Waals surface area contributed by atoms with Crippen LogP contribution in [0.2, 0.25) is 0 Å². The van der Waals surface area contributed by atoms with Gasteiger partial charge in [0.15, 0.2) is 0 Å². The second-order valence-electron chi connectivity index (χ2n) is 1.59. The fraction of sp³-hybridized carbons (Fsp3) is 0.500. The molecular formula is C6H10N2. The van der Waals surface area contributed by atoms with Crippen LogP contribution < -0.4 is 5.73 Å². The van der Waals surface area contributed by atoms with Crippen LogP contribution in [0.1, 0.15) is 6.42 Å². The molecule has 0 saturated heterocycles. The molecule has 0 radical (unpaired) electrons. The zero-order valence-corrected chi connectivity index (χ0v) is 4.80. The Morgan fingerprint density at radius 1 is 1.88 bits per heavy atom. The van der Waals surface area contributed by atoms with Crippen LogP contribution in [0.15, 0.2) is 12.7 Å². The highest BCUT2D eigenvalue weighted by molar-refractivity contribution is 4.88. The fourth-order valence-electron chi connectivity index (χ4n) is 0.403. The average Bonchev–Trinajstić information content (AvgIpc) is 1.83. The number of nitrogens with two attached hydrogens (primary N) is 1. The van der Waals surface area contributed by atoms with Gasteiger partial charge in [-0.3, -0.25) is 0 Å². The van der Waals surface area contributed by atoms with Crippen molar-refractivity contribution < 1.29 is 0 Å². The Balaban J connectivity index is 3.40. The molecule has 0 aromatic carbocycles. The summed E-state index contributed by atoms with van der Waals surface area (Å²) < 4.78 is 0. The zero-order chi connectivity index (χ0) is 6.41. The third-order valence-electron chi connectivity index (χ3n) is 0.918. The Morgan fingerprint density at radius 2 is 2.50 bits per heavy atom. The van der Waals surface area contributed by atoms with E-state index in [0.29, 0.717) is 13.0 Å². The summed E-state index contributed by atoms with van der Waals surface area (Å²) in [6.45, 7) is 3.92. The molecule has 1 atom stereocenters. The van der Waals surface area contributed by atoms with Crippen LogP contribution in [-0.4, -0.2) is 6.54 Å². The van der Waals surface area contributed by atoms with E-state index in [0.717, 1.165) is 0 Å². The van der Waals surface area contributed by atoms with Gasteiger partial charge in [-0.15, -0.1) is 6.58 Å². The first-order valence-corrected chi connectivity index (χ1v) is 2.55. The van der Waals surface area contributed by atoms with Gasteiger partial charge in [-0.2, -0.15) is 5.26 Å². The highest BCUT2D eigenvalue weighted by Crippen LogP contribution is 1.97. The van der Waals surface area contributed by atoms with Crippen LogP contribution in [0, 0.1) is 17.2 Å². The molecule has 2 heteroatoms. The molecule has 0 bridgehead atoms. The Bertz CT molecular complexity index is 102. The molecule has 8 heavy (non-hydrogen) atoms. The minimum atomic E-state index is -0.0347. The lowest BCUT2D eigenvalue weighted by molar-refractivity contribution is 0.690. The Labute approximate surface area is 49.6 Å². The van der Waals surface area contributed by atoms with Crippen molar-refractivity contribution in [2.24, 2.45) is 11.7 Å². The van der Waals surface area contributed by atoms with E-state index in [9.17, 15) is 0 Å². The van der Waals surface area contributed by atoms with Crippen LogP contribution in [0.25, 0.3) is 0 Å². The monoisotopic (exact) mass is 110 g/mol. The van der Waals surface area contributed by atoms with E-state index in [1.54, 1.807) is 6.08 Å². The maximum Gasteiger partial charge on any atom is 0.0672 e. The maximum absolute atomic E-state index is 8.28. The summed E-state index contributed by atoms with van der Waals surface area (Å²) in [5.41, 5.74) is 5.20. The number of nitriles is 1. The largest absolute Gasteiger partial charge is 0.329 e. The second kappa shape index (κ2) is 4.35. The average molecular weight is 110 g/mol. The second-order valence-corrected chi connectivity index (χ2v) is 1.59. The lowest BCUT2D eigenvalue weighted by Gasteiger charge is -1.97. The molecule has 0 amide bonds. The van der Waals surface area contributed by atoms with Gasteiger partial charge in [-0.1, -0.05) is 6.08 Å². The Hall–Kier alpha value is -0.810. The Kier molecular flexibility index (Phi) is 3.91. The van der Waals surface area contributed by atoms with Gasteiger partial charge in [0.05, 0.1) is 12.0 Å². The van der Waals surface area contributed by atoms with Crippen LogP contribution in [0.3, 0.4) is 0 Å². The third-order valence-corrected chi connectivity index (χ3v) is 0.918. The van der Waals surface area contributed by atoms with Gasteiger partial charge in [0.2, 0.25) is 0 Å². The molecule has 0 aromatic heterocycles. The highest BCUT2D eigenvalue weighted by atomic mass is 14.5. The van der Waals surface area contributed by atoms with Crippen LogP contribution >= 0.6 is 0 Å². The molecule has 0 heterocycles. The minimum absolute atomic E-state index is 0.0347. The number of nitrogens with zero attached hydrogens (tertiary/aromatic N) is 1. The van der Waals surface area contributed by atoms with E-state index in [2.05, 4.69) is 12.6 Å². The van der Waals surface area contributed by atoms with Gasteiger partial charge < -0.3 is 5.73 Å². The molecule has 0 aromatic rings. The van der Waals surface area contributed by atoms with Crippen molar-refractivity contribution in [1.29, 1.82) is 5.26 Å². The normalized spacial score (nSPS) is 12.0. The van der Waals surface area contributed by atoms with Gasteiger partial charge in [-0.05, 0) is 6.42 Å². The first-order valence-electron chi connectivity index (χ1n) is 2.55. The first-order chi connectivity index (χ1) is 3.85. The van der Waals surface area contributed by atoms with E-state index >= 15 is 0 Å². The molecule has 0 spiro atoms. The topological polar surface area (TPSA) is 49.8 Å². The summed E-state index contributed by atoms with van der Waals surface area (Å²) in [5, 5.41) is 8.28. The number of allylic oxidation sites excluding steroid dienone is 1. The molecular weight excluding hydrogens is 100 g/mol. The number of hydrogen-bond acceptors (Lipinski definition) is 2. The molecule has 0 aliphatic heterocycles. The first kappa shape index (κ1) is 7.19. The summed E-state index contributed by atoms with van der Waals surface area (Å²) >= 11 is 0. The van der Waals surface area contributed by atoms with E-state index < -0.39 is 0 Å². The summed E-state index contributed by atoms with van der Waals surface area (Å²) in [5.74, 6) is -0.0347. The Morgan fingerprint density at radius 3 is 2.62 bits per heavy atom. The van der Waals surface area contributed by atoms with E-state index in [1.165, 1.54) is 0 Å². The number of rotatable bonds is 3. The lowest BCUT2D eigenvalue weighted by Crippen LogP contribution is -2.10. The summed E-state index contributed by atoms with van der Waals surface area (Å²) in [7, 11) is 0. The summed E-state index contributed by atoms with van der Waals surface area (Å²) in [6, 6.07) is 2.06. The fourth-order valence-corrected chi connectivity index (χ4v) is 0.403. The van der Waals surface area contributed by atoms with E-state index in [1.807, 2.05) is 0 Å². The number of hydrogen-bond donors (Lipinski definition) is 1. The summed E-state index contributed by atoms with van der Waals surface area (Å²) in [4.78, 5) is 0. The molecule has 0 aliphatic rings. The van der Waals surface area contributed by atoms with E-state index in [4.69, 9.17) is 11.0 Å². The van der Waals surface area contributed by atoms with Gasteiger partial charge in [0.1, 0.15) is 0 Å². The third kappa shape index (κ3) is 2.38. The quantitative estimate of drug-likeness (QED) is 0.542. The highest BCUT2D eigenvalue weighted by Gasteiger charge is 1.98. The van der Waals surface area contributed by atoms with Crippen molar-refractivity contribution in [3.8, 4) is 6.07 Å². The van der Waals surface area contributed by atoms with Crippen molar-refractivity contribution in [2.45, 2.75) is 6.42 Å². The van der Waals surface area contributed by atoms with Gasteiger partial charge in [0.25, 0.3) is 0 Å². The van der Waals surface area contributed by atoms with E-state index in [-0.39, 0.29) is 5.92 Å². The molecule has 44 valence electrons. The predicted molar refractivity (Wildman–Crippen MR) is 33.0 cm³/mol. The van der Waals surface area contributed by atoms with Gasteiger partial charge >= 0.3 is 0 Å². The van der Waals surface area contributed by atoms with Crippen LogP contribution in [-0.2, 0) is 0 Å². The zero-order valence-electron chi connectivity index (χ0n) is 4.80. The van der Waals surface area contributed by atoms with Crippen molar-refractivity contribution in [3.05, 3.63) is 12.7 Å². The van der Waals surface area contributed by atoms with Crippen LogP contribution in [0.4, 0.5) is 0 Å². The SMILES string of the molecule is C=CCC(C#N)CN.